The van der Waals surface area contributed by atoms with Crippen molar-refractivity contribution in [3.63, 3.8) is 0 Å². The van der Waals surface area contributed by atoms with E-state index in [1.807, 2.05) is 0 Å². The zero-order chi connectivity index (χ0) is 39.4. The molecule has 0 spiro atoms. The van der Waals surface area contributed by atoms with E-state index in [2.05, 4.69) is 0 Å². The molecule has 0 aliphatic rings. The van der Waals surface area contributed by atoms with E-state index in [9.17, 15) is 0 Å². The summed E-state index contributed by atoms with van der Waals surface area (Å²) in [7, 11) is -32.1. The largest absolute Gasteiger partial charge is 3.00 e. The summed E-state index contributed by atoms with van der Waals surface area (Å²) < 4.78 is 0. The van der Waals surface area contributed by atoms with Gasteiger partial charge in [-0.05, 0) is 0 Å². The van der Waals surface area contributed by atoms with Gasteiger partial charge in [0.2, 0.25) is 0 Å². The molecule has 57 heavy (non-hydrogen) atoms. The van der Waals surface area contributed by atoms with Gasteiger partial charge in [0.05, 0.1) is 0 Å². The van der Waals surface area contributed by atoms with Crippen LogP contribution in [-0.2, 0) is 214 Å². The molecule has 0 saturated carbocycles. The van der Waals surface area contributed by atoms with Crippen molar-refractivity contribution < 1.29 is 386 Å². The minimum atomic E-state index is -2.92. The van der Waals surface area contributed by atoms with Crippen LogP contribution in [0.5, 0.6) is 0 Å². The van der Waals surface area contributed by atoms with Crippen LogP contribution in [0, 0.1) is 0 Å². The van der Waals surface area contributed by atoms with Crippen molar-refractivity contribution in [2.24, 2.45) is 0 Å². The molecule has 0 heterocycles. The second kappa shape index (κ2) is 151. The third kappa shape index (κ3) is 5090. The van der Waals surface area contributed by atoms with Crippen molar-refractivity contribution in [3.05, 3.63) is 0 Å². The summed E-state index contributed by atoms with van der Waals surface area (Å²) in [6.45, 7) is 0. The van der Waals surface area contributed by atoms with E-state index in [4.69, 9.17) is 166 Å². The van der Waals surface area contributed by atoms with Gasteiger partial charge in [0.1, 0.15) is 0 Å². The Morgan fingerprint density at radius 2 is 0.123 bits per heavy atom. The molecule has 0 aromatic heterocycles. The first kappa shape index (κ1) is 159. The van der Waals surface area contributed by atoms with Crippen LogP contribution >= 0.6 is 0 Å². The standard InChI is InChI=1S/Al.11BO3.H2O.11Zn/c;11*2-1(3)4;;;;;;;;;;;;/h;;;;;;;;;;;;1H2;;;;;;;;;;;/q+3;11*-3;;11*+2/p-1. The third-order valence-electron chi connectivity index (χ3n) is 0. The monoisotopic (exact) mass is 1400 g/mol. The van der Waals surface area contributed by atoms with E-state index in [1.165, 1.54) is 0 Å². The number of hydrogen-bond acceptors (Lipinski definition) is 34. The summed E-state index contributed by atoms with van der Waals surface area (Å²) in [6, 6.07) is 0. The Bertz CT molecular complexity index is 250. The zero-order valence-corrected chi connectivity index (χ0v) is 62.4. The number of rotatable bonds is 0. The first-order valence-electron chi connectivity index (χ1n) is 7.78. The van der Waals surface area contributed by atoms with Crippen LogP contribution in [0.4, 0.5) is 0 Å². The second-order valence-electron chi connectivity index (χ2n) is 3.18. The van der Waals surface area contributed by atoms with Crippen LogP contribution in [0.3, 0.4) is 0 Å². The Morgan fingerprint density at radius 3 is 0.123 bits per heavy atom. The molecule has 0 unspecified atom stereocenters. The van der Waals surface area contributed by atoms with Gasteiger partial charge in [0, 0.05) is 0 Å². The predicted octanol–water partition coefficient (Wildman–Crippen LogP) is -44.0. The quantitative estimate of drug-likeness (QED) is 0.203. The molecule has 0 aliphatic heterocycles. The van der Waals surface area contributed by atoms with Crippen LogP contribution in [-0.4, -0.2) is 103 Å². The Kier molecular flexibility index (Phi) is 422. The normalized spacial score (nSPS) is 5.21. The third-order valence-corrected chi connectivity index (χ3v) is 0. The smallest absolute Gasteiger partial charge is 0.907 e. The van der Waals surface area contributed by atoms with Gasteiger partial charge in [-0.1, -0.05) is 0 Å². The summed E-state index contributed by atoms with van der Waals surface area (Å²) in [4.78, 5) is 0. The summed E-state index contributed by atoms with van der Waals surface area (Å²) in [5.74, 6) is 0. The van der Waals surface area contributed by atoms with Crippen molar-refractivity contribution >= 4 is 97.9 Å². The van der Waals surface area contributed by atoms with Gasteiger partial charge < -0.3 is 171 Å². The van der Waals surface area contributed by atoms with E-state index in [0.717, 1.165) is 0 Å². The van der Waals surface area contributed by atoms with E-state index < -0.39 is 80.5 Å². The van der Waals surface area contributed by atoms with E-state index in [1.54, 1.807) is 0 Å². The van der Waals surface area contributed by atoms with Crippen LogP contribution in [0.2, 0.25) is 0 Å². The van der Waals surface area contributed by atoms with Gasteiger partial charge in [0.25, 0.3) is 0 Å². The van der Waals surface area contributed by atoms with Crippen LogP contribution in [0.25, 0.3) is 0 Å². The van der Waals surface area contributed by atoms with E-state index in [-0.39, 0.29) is 237 Å². The van der Waals surface area contributed by atoms with Crippen LogP contribution < -0.4 is 166 Å². The topological polar surface area (TPSA) is 791 Å². The van der Waals surface area contributed by atoms with Gasteiger partial charge in [-0.25, -0.2) is 0 Å². The van der Waals surface area contributed by atoms with Gasteiger partial charge in [-0.15, -0.1) is 0 Å². The molecule has 0 bridgehead atoms. The molecule has 34 nitrogen and oxygen atoms in total. The molecule has 0 aromatic carbocycles. The molecular weight excluding hydrogens is 1410 g/mol. The Balaban J connectivity index is -0.00000000934. The molecule has 57 heteroatoms. The van der Waals surface area contributed by atoms with E-state index >= 15 is 0 Å². The summed E-state index contributed by atoms with van der Waals surface area (Å²) >= 11 is 0. The second-order valence-corrected chi connectivity index (χ2v) is 3.18. The van der Waals surface area contributed by atoms with Gasteiger partial charge in [-0.2, -0.15) is 0 Å². The maximum Gasteiger partial charge on any atom is 3.00 e. The van der Waals surface area contributed by atoms with Gasteiger partial charge in [0.15, 0.2) is 0 Å². The Hall–Kier alpha value is 6.74. The molecule has 0 aromatic rings. The molecule has 0 saturated heterocycles. The van der Waals surface area contributed by atoms with E-state index in [0.29, 0.717) is 0 Å². The molecule has 0 radical (unpaired) electrons. The predicted molar refractivity (Wildman–Crippen MR) is 71.0 cm³/mol. The molecule has 0 fully saturated rings. The minimum absolute atomic E-state index is 0. The SMILES string of the molecule is [Al+3].[O-]B([O-])[O-].[O-]B([O-])[O-].[O-]B([O-])[O-].[O-]B([O-])[O-].[O-]B([O-])[O-].[O-]B([O-])[O-].[O-]B([O-])[O-].[O-]B([O-])[O-].[O-]B([O-])[O-].[O-]B([O-])[O-].[O-]B([O-])[O-].[OH-].[Zn+2].[Zn+2].[Zn+2].[Zn+2].[Zn+2].[Zn+2].[Zn+2].[Zn+2].[Zn+2].[Zn+2].[Zn+2]. The van der Waals surface area contributed by atoms with Crippen LogP contribution in [0.1, 0.15) is 0 Å². The van der Waals surface area contributed by atoms with Crippen molar-refractivity contribution in [2.75, 3.05) is 0 Å². The molecule has 0 aliphatic carbocycles. The van der Waals surface area contributed by atoms with Crippen molar-refractivity contribution in [1.29, 1.82) is 0 Å². The molecule has 0 atom stereocenters. The maximum absolute atomic E-state index is 8.42. The fourth-order valence-corrected chi connectivity index (χ4v) is 0. The molecule has 1 N–H and O–H groups in total. The van der Waals surface area contributed by atoms with Gasteiger partial charge in [-0.3, -0.25) is 80.5 Å². The summed E-state index contributed by atoms with van der Waals surface area (Å²) in [5.41, 5.74) is 0. The first-order valence-corrected chi connectivity index (χ1v) is 7.78. The fourth-order valence-electron chi connectivity index (χ4n) is 0. The summed E-state index contributed by atoms with van der Waals surface area (Å²) in [6.07, 6.45) is 0. The maximum atomic E-state index is 8.42. The first-order chi connectivity index (χ1) is 19.1. The molecule has 0 amide bonds. The Labute approximate surface area is 477 Å². The number of hydrogen-bond donors (Lipinski definition) is 0. The zero-order valence-electron chi connectivity index (χ0n) is 28.6. The summed E-state index contributed by atoms with van der Waals surface area (Å²) in [5, 5.41) is 278. The molecule has 272 valence electrons. The average Bonchev–Trinajstić information content (AvgIpc) is 2.55. The van der Waals surface area contributed by atoms with Crippen LogP contribution in [0.15, 0.2) is 0 Å². The minimum Gasteiger partial charge on any atom is -0.907 e. The molecule has 0 rings (SSSR count). The van der Waals surface area contributed by atoms with Crippen molar-refractivity contribution in [1.82, 2.24) is 0 Å². The fraction of sp³-hybridized carbons (Fsp3) is 0. The molecular formula is HAlB11O34Zn11-9. The van der Waals surface area contributed by atoms with Gasteiger partial charge >= 0.3 is 232 Å². The van der Waals surface area contributed by atoms with Crippen molar-refractivity contribution in [2.45, 2.75) is 0 Å². The average molecular weight is 1410 g/mol. The van der Waals surface area contributed by atoms with Crippen molar-refractivity contribution in [3.8, 4) is 0 Å². The Morgan fingerprint density at radius 1 is 0.123 bits per heavy atom.